The molecule has 1 aromatic carbocycles. The van der Waals surface area contributed by atoms with E-state index < -0.39 is 5.97 Å². The fourth-order valence-electron chi connectivity index (χ4n) is 2.85. The molecule has 126 valence electrons. The first-order chi connectivity index (χ1) is 11.0. The number of hydrogen-bond donors (Lipinski definition) is 3. The van der Waals surface area contributed by atoms with Gasteiger partial charge in [-0.1, -0.05) is 12.1 Å². The summed E-state index contributed by atoms with van der Waals surface area (Å²) in [6.07, 6.45) is 2.71. The predicted octanol–water partition coefficient (Wildman–Crippen LogP) is 2.20. The Bertz CT molecular complexity index is 552. The number of nitrogens with zero attached hydrogens (tertiary/aromatic N) is 1. The molecule has 0 bridgehead atoms. The van der Waals surface area contributed by atoms with Crippen molar-refractivity contribution in [2.45, 2.75) is 38.3 Å². The van der Waals surface area contributed by atoms with Crippen LogP contribution in [0.1, 0.15) is 31.2 Å². The Kier molecular flexibility index (Phi) is 5.84. The maximum absolute atomic E-state index is 12.0. The van der Waals surface area contributed by atoms with Crippen LogP contribution in [0.15, 0.2) is 24.3 Å². The number of carboxylic acid groups (broad SMARTS) is 1. The zero-order chi connectivity index (χ0) is 16.8. The highest BCUT2D eigenvalue weighted by Crippen LogP contribution is 2.24. The number of carboxylic acids is 1. The van der Waals surface area contributed by atoms with Gasteiger partial charge in [-0.05, 0) is 43.4 Å². The Morgan fingerprint density at radius 1 is 1.22 bits per heavy atom. The van der Waals surface area contributed by atoms with E-state index >= 15 is 0 Å². The Balaban J connectivity index is 1.75. The Morgan fingerprint density at radius 2 is 1.91 bits per heavy atom. The Hall–Kier alpha value is -2.24. The van der Waals surface area contributed by atoms with Gasteiger partial charge in [0.2, 0.25) is 0 Å². The fourth-order valence-corrected chi connectivity index (χ4v) is 2.85. The van der Waals surface area contributed by atoms with Crippen LogP contribution in [0, 0.1) is 5.92 Å². The largest absolute Gasteiger partial charge is 0.481 e. The van der Waals surface area contributed by atoms with Gasteiger partial charge in [-0.15, -0.1) is 0 Å². The van der Waals surface area contributed by atoms with Crippen LogP contribution in [-0.2, 0) is 11.3 Å². The fraction of sp³-hybridized carbons (Fsp3) is 0.529. The molecule has 0 atom stereocenters. The maximum Gasteiger partial charge on any atom is 0.315 e. The summed E-state index contributed by atoms with van der Waals surface area (Å²) >= 11 is 0. The molecule has 6 nitrogen and oxygen atoms in total. The van der Waals surface area contributed by atoms with Gasteiger partial charge < -0.3 is 20.6 Å². The van der Waals surface area contributed by atoms with Crippen LogP contribution in [0.4, 0.5) is 10.5 Å². The van der Waals surface area contributed by atoms with Gasteiger partial charge in [0.05, 0.1) is 5.92 Å². The second-order valence-corrected chi connectivity index (χ2v) is 6.28. The van der Waals surface area contributed by atoms with E-state index in [4.69, 9.17) is 5.11 Å². The first-order valence-electron chi connectivity index (χ1n) is 7.99. The Morgan fingerprint density at radius 3 is 2.52 bits per heavy atom. The minimum atomic E-state index is -0.728. The van der Waals surface area contributed by atoms with Crippen molar-refractivity contribution < 1.29 is 14.7 Å². The minimum absolute atomic E-state index is 0.0682. The van der Waals surface area contributed by atoms with E-state index in [1.54, 1.807) is 0 Å². The Labute approximate surface area is 136 Å². The normalized spacial score (nSPS) is 20.6. The summed E-state index contributed by atoms with van der Waals surface area (Å²) in [6, 6.07) is 7.88. The van der Waals surface area contributed by atoms with Crippen molar-refractivity contribution in [2.75, 3.05) is 19.0 Å². The lowest BCUT2D eigenvalue weighted by Gasteiger charge is -2.26. The van der Waals surface area contributed by atoms with Gasteiger partial charge in [0.15, 0.2) is 0 Å². The topological polar surface area (TPSA) is 81.7 Å². The molecule has 1 aliphatic rings. The van der Waals surface area contributed by atoms with Crippen LogP contribution in [0.25, 0.3) is 0 Å². The lowest BCUT2D eigenvalue weighted by Crippen LogP contribution is -2.43. The second kappa shape index (κ2) is 7.85. The number of carbonyl (C=O) groups excluding carboxylic acids is 1. The number of amides is 2. The molecule has 0 aliphatic heterocycles. The van der Waals surface area contributed by atoms with Crippen molar-refractivity contribution in [3.8, 4) is 0 Å². The quantitative estimate of drug-likeness (QED) is 0.777. The van der Waals surface area contributed by atoms with Gasteiger partial charge in [0.1, 0.15) is 0 Å². The summed E-state index contributed by atoms with van der Waals surface area (Å²) < 4.78 is 0. The number of benzene rings is 1. The molecule has 0 radical (unpaired) electrons. The molecule has 2 amide bonds. The lowest BCUT2D eigenvalue weighted by atomic mass is 9.86. The van der Waals surface area contributed by atoms with E-state index in [1.165, 1.54) is 0 Å². The number of rotatable bonds is 5. The molecule has 1 fully saturated rings. The van der Waals surface area contributed by atoms with Crippen molar-refractivity contribution in [1.82, 2.24) is 10.6 Å². The summed E-state index contributed by atoms with van der Waals surface area (Å²) in [6.45, 7) is 0.470. The summed E-state index contributed by atoms with van der Waals surface area (Å²) in [5.41, 5.74) is 2.14. The first-order valence-corrected chi connectivity index (χ1v) is 7.99. The van der Waals surface area contributed by atoms with Crippen molar-refractivity contribution in [2.24, 2.45) is 5.92 Å². The van der Waals surface area contributed by atoms with E-state index in [-0.39, 0.29) is 18.0 Å². The molecule has 0 aromatic heterocycles. The minimum Gasteiger partial charge on any atom is -0.481 e. The maximum atomic E-state index is 12.0. The molecule has 0 spiro atoms. The highest BCUT2D eigenvalue weighted by atomic mass is 16.4. The summed E-state index contributed by atoms with van der Waals surface area (Å²) in [5, 5.41) is 14.8. The van der Waals surface area contributed by atoms with E-state index in [0.29, 0.717) is 19.4 Å². The SMILES string of the molecule is CN(C)c1cccc(CNC(=O)NC2CCC(C(=O)O)CC2)c1. The first kappa shape index (κ1) is 17.1. The monoisotopic (exact) mass is 319 g/mol. The van der Waals surface area contributed by atoms with Crippen LogP contribution in [-0.4, -0.2) is 37.2 Å². The zero-order valence-electron chi connectivity index (χ0n) is 13.7. The molecule has 6 heteroatoms. The van der Waals surface area contributed by atoms with Crippen molar-refractivity contribution in [3.63, 3.8) is 0 Å². The van der Waals surface area contributed by atoms with Crippen molar-refractivity contribution in [3.05, 3.63) is 29.8 Å². The van der Waals surface area contributed by atoms with Gasteiger partial charge in [-0.3, -0.25) is 4.79 Å². The number of hydrogen-bond acceptors (Lipinski definition) is 3. The summed E-state index contributed by atoms with van der Waals surface area (Å²) in [7, 11) is 3.96. The van der Waals surface area contributed by atoms with Gasteiger partial charge in [0.25, 0.3) is 0 Å². The van der Waals surface area contributed by atoms with Crippen LogP contribution < -0.4 is 15.5 Å². The smallest absolute Gasteiger partial charge is 0.315 e. The average molecular weight is 319 g/mol. The van der Waals surface area contributed by atoms with Gasteiger partial charge in [-0.2, -0.15) is 0 Å². The van der Waals surface area contributed by atoms with Gasteiger partial charge in [0, 0.05) is 32.4 Å². The summed E-state index contributed by atoms with van der Waals surface area (Å²) in [4.78, 5) is 24.9. The van der Waals surface area contributed by atoms with E-state index in [2.05, 4.69) is 10.6 Å². The summed E-state index contributed by atoms with van der Waals surface area (Å²) in [5.74, 6) is -0.987. The molecule has 1 saturated carbocycles. The van der Waals surface area contributed by atoms with Crippen LogP contribution >= 0.6 is 0 Å². The third-order valence-electron chi connectivity index (χ3n) is 4.29. The van der Waals surface area contributed by atoms with Crippen LogP contribution in [0.5, 0.6) is 0 Å². The number of nitrogens with one attached hydrogen (secondary N) is 2. The predicted molar refractivity (Wildman–Crippen MR) is 89.5 cm³/mol. The highest BCUT2D eigenvalue weighted by Gasteiger charge is 2.26. The zero-order valence-corrected chi connectivity index (χ0v) is 13.7. The van der Waals surface area contributed by atoms with Crippen LogP contribution in [0.2, 0.25) is 0 Å². The van der Waals surface area contributed by atoms with Gasteiger partial charge >= 0.3 is 12.0 Å². The molecular weight excluding hydrogens is 294 g/mol. The van der Waals surface area contributed by atoms with E-state index in [0.717, 1.165) is 24.1 Å². The second-order valence-electron chi connectivity index (χ2n) is 6.28. The third kappa shape index (κ3) is 5.16. The molecular formula is C17H25N3O3. The van der Waals surface area contributed by atoms with Crippen molar-refractivity contribution in [1.29, 1.82) is 0 Å². The van der Waals surface area contributed by atoms with Crippen molar-refractivity contribution >= 4 is 17.7 Å². The van der Waals surface area contributed by atoms with Gasteiger partial charge in [-0.25, -0.2) is 4.79 Å². The molecule has 0 unspecified atom stereocenters. The molecule has 1 aliphatic carbocycles. The number of anilines is 1. The number of carbonyl (C=O) groups is 2. The average Bonchev–Trinajstić information content (AvgIpc) is 2.53. The van der Waals surface area contributed by atoms with E-state index in [1.807, 2.05) is 43.3 Å². The molecule has 1 aromatic rings. The molecule has 3 N–H and O–H groups in total. The molecule has 2 rings (SSSR count). The number of urea groups is 1. The third-order valence-corrected chi connectivity index (χ3v) is 4.29. The molecule has 0 saturated heterocycles. The van der Waals surface area contributed by atoms with Crippen LogP contribution in [0.3, 0.4) is 0 Å². The number of aliphatic carboxylic acids is 1. The molecule has 0 heterocycles. The highest BCUT2D eigenvalue weighted by molar-refractivity contribution is 5.74. The van der Waals surface area contributed by atoms with E-state index in [9.17, 15) is 9.59 Å². The standard InChI is InChI=1S/C17H25N3O3/c1-20(2)15-5-3-4-12(10-15)11-18-17(23)19-14-8-6-13(7-9-14)16(21)22/h3-5,10,13-14H,6-9,11H2,1-2H3,(H,21,22)(H2,18,19,23). The lowest BCUT2D eigenvalue weighted by molar-refractivity contribution is -0.142. The molecule has 23 heavy (non-hydrogen) atoms.